The van der Waals surface area contributed by atoms with Crippen LogP contribution in [-0.4, -0.2) is 46.4 Å². The Hall–Kier alpha value is -2.35. The standard InChI is InChI=1S/C22H27F3N4O/c1-13-10-14(22(23,24)25)11-18(30)19(13)20-16-7-3-4-8-17(16)21(28-27-20)26-15-6-5-9-29(2)12-15/h10-11,15,30H,3-9,12H2,1-2H3,(H,26,28)/t15-/m1/s1. The summed E-state index contributed by atoms with van der Waals surface area (Å²) < 4.78 is 39.3. The molecule has 1 fully saturated rings. The number of aromatic hydroxyl groups is 1. The minimum absolute atomic E-state index is 0.302. The van der Waals surface area contributed by atoms with E-state index in [1.54, 1.807) is 6.92 Å². The Labute approximate surface area is 174 Å². The van der Waals surface area contributed by atoms with Gasteiger partial charge in [-0.3, -0.25) is 0 Å². The molecule has 4 rings (SSSR count). The summed E-state index contributed by atoms with van der Waals surface area (Å²) in [4.78, 5) is 2.29. The number of halogens is 3. The Bertz CT molecular complexity index is 922. The maximum atomic E-state index is 13.1. The number of fused-ring (bicyclic) bond motifs is 1. The molecule has 0 radical (unpaired) electrons. The van der Waals surface area contributed by atoms with Crippen molar-refractivity contribution in [3.8, 4) is 17.0 Å². The molecule has 0 saturated carbocycles. The number of nitrogens with zero attached hydrogens (tertiary/aromatic N) is 3. The van der Waals surface area contributed by atoms with Gasteiger partial charge in [0.15, 0.2) is 5.82 Å². The van der Waals surface area contributed by atoms with E-state index in [1.807, 2.05) is 0 Å². The second kappa shape index (κ2) is 8.06. The van der Waals surface area contributed by atoms with Gasteiger partial charge >= 0.3 is 6.18 Å². The zero-order chi connectivity index (χ0) is 21.5. The molecule has 2 heterocycles. The molecular weight excluding hydrogens is 393 g/mol. The third-order valence-electron chi connectivity index (χ3n) is 6.13. The van der Waals surface area contributed by atoms with Crippen molar-refractivity contribution in [3.63, 3.8) is 0 Å². The molecule has 0 bridgehead atoms. The predicted molar refractivity (Wildman–Crippen MR) is 110 cm³/mol. The lowest BCUT2D eigenvalue weighted by atomic mass is 9.87. The van der Waals surface area contributed by atoms with Gasteiger partial charge in [0.05, 0.1) is 5.56 Å². The van der Waals surface area contributed by atoms with Crippen LogP contribution in [0.25, 0.3) is 11.3 Å². The van der Waals surface area contributed by atoms with Gasteiger partial charge in [-0.15, -0.1) is 10.2 Å². The number of aromatic nitrogens is 2. The first-order valence-corrected chi connectivity index (χ1v) is 10.5. The summed E-state index contributed by atoms with van der Waals surface area (Å²) in [5.41, 5.74) is 2.40. The van der Waals surface area contributed by atoms with E-state index >= 15 is 0 Å². The Kier molecular flexibility index (Phi) is 5.61. The van der Waals surface area contributed by atoms with Crippen LogP contribution in [0, 0.1) is 6.92 Å². The SMILES string of the molecule is Cc1cc(C(F)(F)F)cc(O)c1-c1nnc(N[C@@H]2CCCN(C)C2)c2c1CCCC2. The minimum Gasteiger partial charge on any atom is -0.507 e. The highest BCUT2D eigenvalue weighted by Gasteiger charge is 2.33. The maximum Gasteiger partial charge on any atom is 0.416 e. The minimum atomic E-state index is -4.51. The second-order valence-electron chi connectivity index (χ2n) is 8.49. The monoisotopic (exact) mass is 420 g/mol. The average Bonchev–Trinajstić information content (AvgIpc) is 2.68. The third kappa shape index (κ3) is 4.10. The molecule has 0 unspecified atom stereocenters. The number of anilines is 1. The highest BCUT2D eigenvalue weighted by atomic mass is 19.4. The van der Waals surface area contributed by atoms with Crippen molar-refractivity contribution in [1.82, 2.24) is 15.1 Å². The number of piperidine rings is 1. The van der Waals surface area contributed by atoms with Crippen LogP contribution in [0.4, 0.5) is 19.0 Å². The number of phenolic OH excluding ortho intramolecular Hbond substituents is 1. The summed E-state index contributed by atoms with van der Waals surface area (Å²) in [5, 5.41) is 22.8. The van der Waals surface area contributed by atoms with E-state index in [0.717, 1.165) is 80.7 Å². The average molecular weight is 420 g/mol. The van der Waals surface area contributed by atoms with E-state index in [-0.39, 0.29) is 0 Å². The predicted octanol–water partition coefficient (Wildman–Crippen LogP) is 4.56. The van der Waals surface area contributed by atoms with Gasteiger partial charge in [-0.25, -0.2) is 0 Å². The smallest absolute Gasteiger partial charge is 0.416 e. The van der Waals surface area contributed by atoms with Gasteiger partial charge in [-0.05, 0) is 82.3 Å². The Morgan fingerprint density at radius 1 is 1.10 bits per heavy atom. The van der Waals surface area contributed by atoms with Crippen LogP contribution in [0.2, 0.25) is 0 Å². The van der Waals surface area contributed by atoms with E-state index in [2.05, 4.69) is 27.5 Å². The van der Waals surface area contributed by atoms with Crippen LogP contribution >= 0.6 is 0 Å². The van der Waals surface area contributed by atoms with Crippen LogP contribution in [0.15, 0.2) is 12.1 Å². The molecule has 1 aromatic carbocycles. The number of likely N-dealkylation sites (tertiary alicyclic amines) is 1. The van der Waals surface area contributed by atoms with Gasteiger partial charge in [0.1, 0.15) is 11.4 Å². The Balaban J connectivity index is 1.74. The zero-order valence-corrected chi connectivity index (χ0v) is 17.3. The molecule has 2 aromatic rings. The van der Waals surface area contributed by atoms with Crippen LogP contribution in [0.3, 0.4) is 0 Å². The van der Waals surface area contributed by atoms with E-state index in [4.69, 9.17) is 0 Å². The van der Waals surface area contributed by atoms with Crippen molar-refractivity contribution < 1.29 is 18.3 Å². The number of rotatable bonds is 3. The van der Waals surface area contributed by atoms with Crippen LogP contribution < -0.4 is 5.32 Å². The Morgan fingerprint density at radius 2 is 1.83 bits per heavy atom. The molecule has 2 aliphatic rings. The van der Waals surface area contributed by atoms with E-state index in [1.165, 1.54) is 0 Å². The van der Waals surface area contributed by atoms with Gasteiger partial charge in [0, 0.05) is 23.7 Å². The van der Waals surface area contributed by atoms with Gasteiger partial charge in [0.25, 0.3) is 0 Å². The Morgan fingerprint density at radius 3 is 2.50 bits per heavy atom. The number of benzene rings is 1. The van der Waals surface area contributed by atoms with E-state index < -0.39 is 17.5 Å². The molecule has 1 aliphatic heterocycles. The quantitative estimate of drug-likeness (QED) is 0.762. The van der Waals surface area contributed by atoms with E-state index in [0.29, 0.717) is 22.9 Å². The molecule has 1 saturated heterocycles. The molecule has 1 aromatic heterocycles. The number of aryl methyl sites for hydroxylation is 1. The molecule has 162 valence electrons. The summed E-state index contributed by atoms with van der Waals surface area (Å²) >= 11 is 0. The lowest BCUT2D eigenvalue weighted by Gasteiger charge is -2.31. The summed E-state index contributed by atoms with van der Waals surface area (Å²) in [6.45, 7) is 3.61. The number of likely N-dealkylation sites (N-methyl/N-ethyl adjacent to an activating group) is 1. The fourth-order valence-electron chi connectivity index (χ4n) is 4.68. The molecule has 0 spiro atoms. The number of alkyl halides is 3. The first-order valence-electron chi connectivity index (χ1n) is 10.5. The van der Waals surface area contributed by atoms with Gasteiger partial charge < -0.3 is 15.3 Å². The number of nitrogens with one attached hydrogen (secondary N) is 1. The van der Waals surface area contributed by atoms with Gasteiger partial charge in [-0.1, -0.05) is 0 Å². The second-order valence-corrected chi connectivity index (χ2v) is 8.49. The lowest BCUT2D eigenvalue weighted by Crippen LogP contribution is -2.40. The number of phenols is 1. The first kappa shape index (κ1) is 20.9. The molecule has 30 heavy (non-hydrogen) atoms. The number of hydrogen-bond donors (Lipinski definition) is 2. The first-order chi connectivity index (χ1) is 14.2. The highest BCUT2D eigenvalue weighted by molar-refractivity contribution is 5.76. The van der Waals surface area contributed by atoms with Crippen molar-refractivity contribution in [2.45, 2.75) is 57.7 Å². The summed E-state index contributed by atoms with van der Waals surface area (Å²) in [6.07, 6.45) is 1.34. The maximum absolute atomic E-state index is 13.1. The van der Waals surface area contributed by atoms with Crippen LogP contribution in [-0.2, 0) is 19.0 Å². The zero-order valence-electron chi connectivity index (χ0n) is 17.3. The van der Waals surface area contributed by atoms with Crippen molar-refractivity contribution in [2.75, 3.05) is 25.5 Å². The largest absolute Gasteiger partial charge is 0.507 e. The molecule has 8 heteroatoms. The van der Waals surface area contributed by atoms with Gasteiger partial charge in [0.2, 0.25) is 0 Å². The van der Waals surface area contributed by atoms with Crippen LogP contribution in [0.5, 0.6) is 5.75 Å². The number of hydrogen-bond acceptors (Lipinski definition) is 5. The molecule has 1 atom stereocenters. The molecule has 5 nitrogen and oxygen atoms in total. The van der Waals surface area contributed by atoms with Crippen molar-refractivity contribution in [2.24, 2.45) is 0 Å². The fourth-order valence-corrected chi connectivity index (χ4v) is 4.68. The summed E-state index contributed by atoms with van der Waals surface area (Å²) in [7, 11) is 2.11. The highest BCUT2D eigenvalue weighted by Crippen LogP contribution is 2.41. The third-order valence-corrected chi connectivity index (χ3v) is 6.13. The molecular formula is C22H27F3N4O. The fraction of sp³-hybridized carbons (Fsp3) is 0.545. The van der Waals surface area contributed by atoms with Crippen molar-refractivity contribution in [1.29, 1.82) is 0 Å². The molecule has 2 N–H and O–H groups in total. The van der Waals surface area contributed by atoms with Crippen molar-refractivity contribution in [3.05, 3.63) is 34.4 Å². The molecule has 0 amide bonds. The van der Waals surface area contributed by atoms with Gasteiger partial charge in [-0.2, -0.15) is 13.2 Å². The van der Waals surface area contributed by atoms with Crippen LogP contribution in [0.1, 0.15) is 47.9 Å². The normalized spacial score (nSPS) is 20.1. The lowest BCUT2D eigenvalue weighted by molar-refractivity contribution is -0.137. The summed E-state index contributed by atoms with van der Waals surface area (Å²) in [5.74, 6) is 0.372. The molecule has 1 aliphatic carbocycles. The van der Waals surface area contributed by atoms with E-state index in [9.17, 15) is 18.3 Å². The topological polar surface area (TPSA) is 61.3 Å². The van der Waals surface area contributed by atoms with Crippen molar-refractivity contribution >= 4 is 5.82 Å². The summed E-state index contributed by atoms with van der Waals surface area (Å²) in [6, 6.07) is 2.15.